The van der Waals surface area contributed by atoms with Crippen molar-refractivity contribution in [3.05, 3.63) is 33.5 Å². The van der Waals surface area contributed by atoms with Gasteiger partial charge >= 0.3 is 0 Å². The summed E-state index contributed by atoms with van der Waals surface area (Å²) < 4.78 is 2.83. The topological polar surface area (TPSA) is 46.9 Å². The van der Waals surface area contributed by atoms with Crippen molar-refractivity contribution in [1.29, 1.82) is 0 Å². The molecule has 0 fully saturated rings. The second-order valence-corrected chi connectivity index (χ2v) is 6.07. The molecule has 2 heterocycles. The summed E-state index contributed by atoms with van der Waals surface area (Å²) in [7, 11) is 0. The Morgan fingerprint density at radius 2 is 2.28 bits per heavy atom. The molecule has 18 heavy (non-hydrogen) atoms. The molecule has 4 nitrogen and oxygen atoms in total. The van der Waals surface area contributed by atoms with Crippen molar-refractivity contribution in [1.82, 2.24) is 9.55 Å². The van der Waals surface area contributed by atoms with Crippen LogP contribution in [0.25, 0.3) is 0 Å². The predicted octanol–water partition coefficient (Wildman–Crippen LogP) is 3.85. The molecule has 0 aliphatic heterocycles. The average Bonchev–Trinajstić information content (AvgIpc) is 2.85. The van der Waals surface area contributed by atoms with Gasteiger partial charge < -0.3 is 4.57 Å². The number of nitrogens with zero attached hydrogens (tertiary/aromatic N) is 2. The first-order valence-electron chi connectivity index (χ1n) is 5.58. The number of aromatic nitrogens is 2. The highest BCUT2D eigenvalue weighted by atomic mass is 79.9. The lowest BCUT2D eigenvalue weighted by Gasteiger charge is -2.11. The maximum absolute atomic E-state index is 12.2. The molecule has 0 radical (unpaired) electrons. The molecule has 0 aromatic carbocycles. The molecule has 0 bridgehead atoms. The number of carbonyl (C=O) groups excluding carboxylic acids is 1. The highest BCUT2D eigenvalue weighted by Crippen LogP contribution is 2.21. The Morgan fingerprint density at radius 3 is 2.83 bits per heavy atom. The smallest absolute Gasteiger partial charge is 0.274 e. The first kappa shape index (κ1) is 13.3. The standard InChI is InChI=1S/C12H14BrN3OS/c1-7(2)16-5-9(13)4-10(16)11(17)15-12-14-8(3)6-18-12/h4-7H,1-3H3,(H,14,15,17). The third kappa shape index (κ3) is 2.81. The van der Waals surface area contributed by atoms with Crippen LogP contribution in [0.3, 0.4) is 0 Å². The van der Waals surface area contributed by atoms with Gasteiger partial charge in [0, 0.05) is 22.1 Å². The number of aryl methyl sites for hydroxylation is 1. The zero-order valence-corrected chi connectivity index (χ0v) is 12.8. The second kappa shape index (κ2) is 5.24. The minimum atomic E-state index is -0.135. The van der Waals surface area contributed by atoms with Gasteiger partial charge in [0.05, 0.1) is 5.69 Å². The molecule has 0 spiro atoms. The molecule has 0 saturated heterocycles. The number of rotatable bonds is 3. The molecule has 2 aromatic heterocycles. The molecule has 2 rings (SSSR count). The fourth-order valence-electron chi connectivity index (χ4n) is 1.63. The number of nitrogens with one attached hydrogen (secondary N) is 1. The van der Waals surface area contributed by atoms with Crippen molar-refractivity contribution in [2.24, 2.45) is 0 Å². The van der Waals surface area contributed by atoms with Gasteiger partial charge in [0.15, 0.2) is 5.13 Å². The van der Waals surface area contributed by atoms with Gasteiger partial charge in [-0.3, -0.25) is 10.1 Å². The third-order valence-corrected chi connectivity index (χ3v) is 3.75. The fourth-order valence-corrected chi connectivity index (χ4v) is 2.75. The molecule has 0 atom stereocenters. The van der Waals surface area contributed by atoms with E-state index in [0.29, 0.717) is 10.8 Å². The van der Waals surface area contributed by atoms with Gasteiger partial charge in [-0.2, -0.15) is 0 Å². The van der Waals surface area contributed by atoms with E-state index in [4.69, 9.17) is 0 Å². The Labute approximate surface area is 118 Å². The largest absolute Gasteiger partial charge is 0.340 e. The van der Waals surface area contributed by atoms with E-state index in [0.717, 1.165) is 10.2 Å². The number of hydrogen-bond acceptors (Lipinski definition) is 3. The predicted molar refractivity (Wildman–Crippen MR) is 77.3 cm³/mol. The molecule has 6 heteroatoms. The normalized spacial score (nSPS) is 10.9. The monoisotopic (exact) mass is 327 g/mol. The SMILES string of the molecule is Cc1csc(NC(=O)c2cc(Br)cn2C(C)C)n1. The van der Waals surface area contributed by atoms with Crippen LogP contribution in [-0.4, -0.2) is 15.5 Å². The van der Waals surface area contributed by atoms with Crippen LogP contribution in [0.15, 0.2) is 22.1 Å². The van der Waals surface area contributed by atoms with Crippen molar-refractivity contribution in [3.63, 3.8) is 0 Å². The Kier molecular flexibility index (Phi) is 3.87. The van der Waals surface area contributed by atoms with Crippen LogP contribution in [0.2, 0.25) is 0 Å². The summed E-state index contributed by atoms with van der Waals surface area (Å²) in [6.45, 7) is 5.98. The number of thiazole rings is 1. The Balaban J connectivity index is 2.23. The molecule has 0 aliphatic rings. The molecular formula is C12H14BrN3OS. The van der Waals surface area contributed by atoms with Crippen molar-refractivity contribution in [2.45, 2.75) is 26.8 Å². The van der Waals surface area contributed by atoms with Crippen molar-refractivity contribution in [3.8, 4) is 0 Å². The Bertz CT molecular complexity index is 574. The Hall–Kier alpha value is -1.14. The number of halogens is 1. The van der Waals surface area contributed by atoms with Crippen LogP contribution < -0.4 is 5.32 Å². The molecule has 0 unspecified atom stereocenters. The van der Waals surface area contributed by atoms with Crippen LogP contribution in [0.5, 0.6) is 0 Å². The van der Waals surface area contributed by atoms with E-state index in [1.807, 2.05) is 43.0 Å². The molecular weight excluding hydrogens is 314 g/mol. The van der Waals surface area contributed by atoms with E-state index in [-0.39, 0.29) is 11.9 Å². The van der Waals surface area contributed by atoms with E-state index in [9.17, 15) is 4.79 Å². The molecule has 0 saturated carbocycles. The van der Waals surface area contributed by atoms with Crippen LogP contribution in [-0.2, 0) is 0 Å². The summed E-state index contributed by atoms with van der Waals surface area (Å²) in [5.41, 5.74) is 1.54. The number of amides is 1. The van der Waals surface area contributed by atoms with Gasteiger partial charge in [-0.15, -0.1) is 11.3 Å². The van der Waals surface area contributed by atoms with Gasteiger partial charge in [-0.05, 0) is 42.8 Å². The van der Waals surface area contributed by atoms with E-state index in [2.05, 4.69) is 26.2 Å². The van der Waals surface area contributed by atoms with E-state index in [1.54, 1.807) is 0 Å². The van der Waals surface area contributed by atoms with E-state index in [1.165, 1.54) is 11.3 Å². The van der Waals surface area contributed by atoms with E-state index >= 15 is 0 Å². The molecule has 0 aliphatic carbocycles. The first-order chi connectivity index (χ1) is 8.47. The maximum Gasteiger partial charge on any atom is 0.274 e. The third-order valence-electron chi connectivity index (χ3n) is 2.44. The van der Waals surface area contributed by atoms with Gasteiger partial charge in [-0.1, -0.05) is 0 Å². The fraction of sp³-hybridized carbons (Fsp3) is 0.333. The van der Waals surface area contributed by atoms with E-state index < -0.39 is 0 Å². The van der Waals surface area contributed by atoms with Crippen molar-refractivity contribution < 1.29 is 4.79 Å². The molecule has 1 amide bonds. The van der Waals surface area contributed by atoms with Crippen LogP contribution >= 0.6 is 27.3 Å². The number of hydrogen-bond donors (Lipinski definition) is 1. The number of anilines is 1. The van der Waals surface area contributed by atoms with Crippen LogP contribution in [0, 0.1) is 6.92 Å². The highest BCUT2D eigenvalue weighted by molar-refractivity contribution is 9.10. The second-order valence-electron chi connectivity index (χ2n) is 4.29. The summed E-state index contributed by atoms with van der Waals surface area (Å²) in [4.78, 5) is 16.4. The summed E-state index contributed by atoms with van der Waals surface area (Å²) in [6.07, 6.45) is 1.91. The van der Waals surface area contributed by atoms with Gasteiger partial charge in [-0.25, -0.2) is 4.98 Å². The lowest BCUT2D eigenvalue weighted by atomic mass is 10.3. The van der Waals surface area contributed by atoms with Gasteiger partial charge in [0.25, 0.3) is 5.91 Å². The quantitative estimate of drug-likeness (QED) is 0.930. The summed E-state index contributed by atoms with van der Waals surface area (Å²) in [5.74, 6) is -0.135. The first-order valence-corrected chi connectivity index (χ1v) is 7.25. The highest BCUT2D eigenvalue weighted by Gasteiger charge is 2.16. The zero-order valence-electron chi connectivity index (χ0n) is 10.4. The van der Waals surface area contributed by atoms with Gasteiger partial charge in [0.2, 0.25) is 0 Å². The zero-order chi connectivity index (χ0) is 13.3. The summed E-state index contributed by atoms with van der Waals surface area (Å²) >= 11 is 4.82. The maximum atomic E-state index is 12.2. The molecule has 96 valence electrons. The lowest BCUT2D eigenvalue weighted by molar-refractivity contribution is 0.101. The van der Waals surface area contributed by atoms with Crippen molar-refractivity contribution >= 4 is 38.3 Å². The van der Waals surface area contributed by atoms with Crippen LogP contribution in [0.1, 0.15) is 36.1 Å². The van der Waals surface area contributed by atoms with Crippen molar-refractivity contribution in [2.75, 3.05) is 5.32 Å². The minimum absolute atomic E-state index is 0.135. The lowest BCUT2D eigenvalue weighted by Crippen LogP contribution is -2.17. The molecule has 1 N–H and O–H groups in total. The van der Waals surface area contributed by atoms with Crippen LogP contribution in [0.4, 0.5) is 5.13 Å². The summed E-state index contributed by atoms with van der Waals surface area (Å²) in [5, 5.41) is 5.35. The average molecular weight is 328 g/mol. The molecule has 2 aromatic rings. The number of carbonyl (C=O) groups is 1. The summed E-state index contributed by atoms with van der Waals surface area (Å²) in [6, 6.07) is 2.05. The minimum Gasteiger partial charge on any atom is -0.340 e. The Morgan fingerprint density at radius 1 is 1.56 bits per heavy atom. The van der Waals surface area contributed by atoms with Gasteiger partial charge in [0.1, 0.15) is 5.69 Å².